The molecule has 0 aliphatic rings. The van der Waals surface area contributed by atoms with Gasteiger partial charge in [-0.15, -0.1) is 0 Å². The molecule has 0 spiro atoms. The predicted molar refractivity (Wildman–Crippen MR) is 137 cm³/mol. The Morgan fingerprint density at radius 2 is 1.83 bits per heavy atom. The third-order valence-electron chi connectivity index (χ3n) is 5.11. The summed E-state index contributed by atoms with van der Waals surface area (Å²) in [6, 6.07) is 12.0. The number of benzene rings is 2. The zero-order valence-corrected chi connectivity index (χ0v) is 21.8. The van der Waals surface area contributed by atoms with Crippen molar-refractivity contribution >= 4 is 26.9 Å². The van der Waals surface area contributed by atoms with Crippen molar-refractivity contribution in [3.63, 3.8) is 0 Å². The van der Waals surface area contributed by atoms with E-state index in [0.29, 0.717) is 28.4 Å². The molecule has 36 heavy (non-hydrogen) atoms. The van der Waals surface area contributed by atoms with Crippen molar-refractivity contribution in [1.82, 2.24) is 14.9 Å². The monoisotopic (exact) mass is 517 g/mol. The largest absolute Gasteiger partial charge is 0.497 e. The van der Waals surface area contributed by atoms with Crippen LogP contribution in [0.4, 0.5) is 0 Å². The number of rotatable bonds is 11. The maximum Gasteiger partial charge on any atom is 0.264 e. The first kappa shape index (κ1) is 27.2. The summed E-state index contributed by atoms with van der Waals surface area (Å²) in [4.78, 5) is 30.9. The number of methoxy groups -OCH3 is 1. The highest BCUT2D eigenvalue weighted by molar-refractivity contribution is 7.85. The number of carbonyl (C=O) groups is 1. The van der Waals surface area contributed by atoms with Gasteiger partial charge in [0.1, 0.15) is 23.9 Å². The summed E-state index contributed by atoms with van der Waals surface area (Å²) in [6.45, 7) is 5.42. The molecule has 2 aromatic carbocycles. The number of amides is 1. The molecular formula is C25H31N3O7S. The highest BCUT2D eigenvalue weighted by Gasteiger charge is 2.17. The molecule has 0 fully saturated rings. The van der Waals surface area contributed by atoms with Crippen molar-refractivity contribution in [2.24, 2.45) is 5.92 Å². The summed E-state index contributed by atoms with van der Waals surface area (Å²) >= 11 is 0. The quantitative estimate of drug-likeness (QED) is 0.385. The standard InChI is InChI=1S/C25H31N3O7S/c1-16(2)26-23(29)13-28-24(18-7-6-8-19(11-18)33-4)27-22-10-9-20(12-21(22)25(28)30)34-14-17(3)15-35-36(5,31)32/h6-12,16-17H,13-15H2,1-5H3,(H,26,29)/t17-/m1/s1. The molecule has 0 aliphatic heterocycles. The molecule has 3 aromatic rings. The summed E-state index contributed by atoms with van der Waals surface area (Å²) in [5.41, 5.74) is 0.681. The molecule has 194 valence electrons. The van der Waals surface area contributed by atoms with E-state index in [9.17, 15) is 18.0 Å². The fourth-order valence-corrected chi connectivity index (χ4v) is 3.94. The zero-order valence-electron chi connectivity index (χ0n) is 21.0. The summed E-state index contributed by atoms with van der Waals surface area (Å²) in [7, 11) is -1.99. The fraction of sp³-hybridized carbons (Fsp3) is 0.400. The van der Waals surface area contributed by atoms with Gasteiger partial charge in [-0.2, -0.15) is 8.42 Å². The second-order valence-corrected chi connectivity index (χ2v) is 10.5. The van der Waals surface area contributed by atoms with Crippen LogP contribution in [-0.2, 0) is 25.6 Å². The molecule has 0 unspecified atom stereocenters. The lowest BCUT2D eigenvalue weighted by Crippen LogP contribution is -2.37. The Balaban J connectivity index is 1.99. The first-order valence-corrected chi connectivity index (χ1v) is 13.2. The third kappa shape index (κ3) is 7.28. The average Bonchev–Trinajstić information content (AvgIpc) is 2.82. The summed E-state index contributed by atoms with van der Waals surface area (Å²) < 4.78 is 39.6. The van der Waals surface area contributed by atoms with E-state index in [1.54, 1.807) is 56.5 Å². The number of hydrogen-bond donors (Lipinski definition) is 1. The van der Waals surface area contributed by atoms with E-state index < -0.39 is 15.7 Å². The van der Waals surface area contributed by atoms with Crippen LogP contribution in [0.5, 0.6) is 11.5 Å². The Morgan fingerprint density at radius 3 is 2.50 bits per heavy atom. The Hall–Kier alpha value is -3.44. The van der Waals surface area contributed by atoms with Crippen LogP contribution in [0.2, 0.25) is 0 Å². The van der Waals surface area contributed by atoms with Gasteiger partial charge in [-0.1, -0.05) is 19.1 Å². The van der Waals surface area contributed by atoms with Gasteiger partial charge in [0.2, 0.25) is 5.91 Å². The predicted octanol–water partition coefficient (Wildman–Crippen LogP) is 2.59. The maximum atomic E-state index is 13.6. The highest BCUT2D eigenvalue weighted by Crippen LogP contribution is 2.25. The molecule has 1 atom stereocenters. The van der Waals surface area contributed by atoms with Gasteiger partial charge in [0.25, 0.3) is 15.7 Å². The second-order valence-electron chi connectivity index (χ2n) is 8.86. The Labute approximate surface area is 210 Å². The summed E-state index contributed by atoms with van der Waals surface area (Å²) in [5, 5.41) is 3.09. The van der Waals surface area contributed by atoms with Gasteiger partial charge < -0.3 is 14.8 Å². The van der Waals surface area contributed by atoms with Crippen LogP contribution in [0.1, 0.15) is 20.8 Å². The van der Waals surface area contributed by atoms with E-state index in [1.807, 2.05) is 13.8 Å². The molecule has 0 aliphatic carbocycles. The molecule has 0 saturated carbocycles. The van der Waals surface area contributed by atoms with Crippen molar-refractivity contribution in [2.45, 2.75) is 33.4 Å². The number of fused-ring (bicyclic) bond motifs is 1. The van der Waals surface area contributed by atoms with Gasteiger partial charge >= 0.3 is 0 Å². The van der Waals surface area contributed by atoms with Crippen molar-refractivity contribution in [2.75, 3.05) is 26.6 Å². The van der Waals surface area contributed by atoms with E-state index in [2.05, 4.69) is 5.32 Å². The lowest BCUT2D eigenvalue weighted by molar-refractivity contribution is -0.122. The van der Waals surface area contributed by atoms with E-state index in [1.165, 1.54) is 4.57 Å². The molecule has 0 bridgehead atoms. The topological polar surface area (TPSA) is 126 Å². The van der Waals surface area contributed by atoms with Gasteiger partial charge in [-0.3, -0.25) is 18.3 Å². The fourth-order valence-electron chi connectivity index (χ4n) is 3.46. The van der Waals surface area contributed by atoms with Gasteiger partial charge in [-0.25, -0.2) is 4.98 Å². The van der Waals surface area contributed by atoms with E-state index in [-0.39, 0.29) is 43.0 Å². The molecule has 1 N–H and O–H groups in total. The number of ether oxygens (including phenoxy) is 2. The number of nitrogens with one attached hydrogen (secondary N) is 1. The maximum absolute atomic E-state index is 13.6. The molecular weight excluding hydrogens is 486 g/mol. The second kappa shape index (κ2) is 11.5. The van der Waals surface area contributed by atoms with Crippen LogP contribution < -0.4 is 20.3 Å². The Kier molecular flexibility index (Phi) is 8.70. The molecule has 1 amide bonds. The first-order valence-electron chi connectivity index (χ1n) is 11.4. The van der Waals surface area contributed by atoms with Gasteiger partial charge in [0.15, 0.2) is 0 Å². The SMILES string of the molecule is COc1cccc(-c2nc3ccc(OC[C@@H](C)COS(C)(=O)=O)cc3c(=O)n2CC(=O)NC(C)C)c1. The van der Waals surface area contributed by atoms with Crippen LogP contribution in [-0.4, -0.2) is 56.5 Å². The zero-order chi connectivity index (χ0) is 26.5. The highest BCUT2D eigenvalue weighted by atomic mass is 32.2. The number of carbonyl (C=O) groups excluding carboxylic acids is 1. The van der Waals surface area contributed by atoms with Crippen molar-refractivity contribution in [3.8, 4) is 22.9 Å². The molecule has 1 aromatic heterocycles. The van der Waals surface area contributed by atoms with E-state index in [0.717, 1.165) is 6.26 Å². The van der Waals surface area contributed by atoms with E-state index in [4.69, 9.17) is 18.6 Å². The molecule has 10 nitrogen and oxygen atoms in total. The lowest BCUT2D eigenvalue weighted by Gasteiger charge is -2.16. The number of aromatic nitrogens is 2. The van der Waals surface area contributed by atoms with Crippen LogP contribution in [0.15, 0.2) is 47.3 Å². The minimum Gasteiger partial charge on any atom is -0.497 e. The summed E-state index contributed by atoms with van der Waals surface area (Å²) in [6.07, 6.45) is 0.989. The number of nitrogens with zero attached hydrogens (tertiary/aromatic N) is 2. The Morgan fingerprint density at radius 1 is 1.08 bits per heavy atom. The molecule has 0 saturated heterocycles. The van der Waals surface area contributed by atoms with Crippen molar-refractivity contribution in [1.29, 1.82) is 0 Å². The number of hydrogen-bond acceptors (Lipinski definition) is 8. The average molecular weight is 518 g/mol. The molecule has 3 rings (SSSR count). The van der Waals surface area contributed by atoms with Gasteiger partial charge in [0, 0.05) is 17.5 Å². The van der Waals surface area contributed by atoms with Gasteiger partial charge in [-0.05, 0) is 44.2 Å². The molecule has 0 radical (unpaired) electrons. The molecule has 11 heteroatoms. The summed E-state index contributed by atoms with van der Waals surface area (Å²) in [5.74, 6) is 0.827. The van der Waals surface area contributed by atoms with Crippen LogP contribution in [0.25, 0.3) is 22.3 Å². The molecule has 1 heterocycles. The van der Waals surface area contributed by atoms with Crippen LogP contribution in [0.3, 0.4) is 0 Å². The van der Waals surface area contributed by atoms with Crippen LogP contribution >= 0.6 is 0 Å². The van der Waals surface area contributed by atoms with E-state index >= 15 is 0 Å². The first-order chi connectivity index (χ1) is 17.0. The Bertz CT molecular complexity index is 1400. The minimum absolute atomic E-state index is 0.0182. The lowest BCUT2D eigenvalue weighted by atomic mass is 10.1. The minimum atomic E-state index is -3.54. The smallest absolute Gasteiger partial charge is 0.264 e. The third-order valence-corrected chi connectivity index (χ3v) is 5.67. The van der Waals surface area contributed by atoms with Crippen molar-refractivity contribution in [3.05, 3.63) is 52.8 Å². The normalized spacial score (nSPS) is 12.5. The van der Waals surface area contributed by atoms with Crippen LogP contribution in [0, 0.1) is 5.92 Å². The van der Waals surface area contributed by atoms with Crippen molar-refractivity contribution < 1.29 is 26.9 Å². The van der Waals surface area contributed by atoms with Gasteiger partial charge in [0.05, 0.1) is 37.5 Å².